The number of aromatic nitrogens is 1. The summed E-state index contributed by atoms with van der Waals surface area (Å²) in [4.78, 5) is 3.62. The molecule has 1 aliphatic rings. The molecule has 0 saturated carbocycles. The summed E-state index contributed by atoms with van der Waals surface area (Å²) < 4.78 is 1.13. The van der Waals surface area contributed by atoms with Gasteiger partial charge in [-0.3, -0.25) is 0 Å². The monoisotopic (exact) mass is 374 g/mol. The van der Waals surface area contributed by atoms with Crippen LogP contribution in [0.5, 0.6) is 0 Å². The summed E-state index contributed by atoms with van der Waals surface area (Å²) in [6.45, 7) is 0. The molecule has 1 aliphatic carbocycles. The Kier molecular flexibility index (Phi) is 3.63. The van der Waals surface area contributed by atoms with Crippen molar-refractivity contribution in [3.8, 4) is 0 Å². The van der Waals surface area contributed by atoms with E-state index in [9.17, 15) is 0 Å². The minimum Gasteiger partial charge on any atom is -0.377 e. The molecular formula is C18H16BrClN2. The maximum absolute atomic E-state index is 5.97. The Bertz CT molecular complexity index is 823. The quantitative estimate of drug-likeness (QED) is 0.558. The van der Waals surface area contributed by atoms with Crippen LogP contribution in [-0.4, -0.2) is 4.98 Å². The highest BCUT2D eigenvalue weighted by Crippen LogP contribution is 2.37. The molecule has 0 fully saturated rings. The fraction of sp³-hybridized carbons (Fsp3) is 0.222. The Morgan fingerprint density at radius 1 is 1.14 bits per heavy atom. The van der Waals surface area contributed by atoms with E-state index in [1.165, 1.54) is 28.6 Å². The van der Waals surface area contributed by atoms with Crippen LogP contribution in [0.3, 0.4) is 0 Å². The van der Waals surface area contributed by atoms with Crippen LogP contribution in [0, 0.1) is 0 Å². The van der Waals surface area contributed by atoms with Crippen LogP contribution < -0.4 is 5.32 Å². The number of halogens is 2. The summed E-state index contributed by atoms with van der Waals surface area (Å²) >= 11 is 9.54. The van der Waals surface area contributed by atoms with Crippen LogP contribution in [0.1, 0.15) is 30.1 Å². The van der Waals surface area contributed by atoms with Crippen molar-refractivity contribution >= 4 is 44.1 Å². The van der Waals surface area contributed by atoms with E-state index >= 15 is 0 Å². The third-order valence-electron chi connectivity index (χ3n) is 4.35. The number of nitrogens with one attached hydrogen (secondary N) is 2. The standard InChI is InChI=1S/C18H16BrClN2/c19-11-4-9-16-15(10-11)14-2-1-3-17(18(14)22-16)21-13-7-5-12(20)6-8-13/h4-10,17,21-22H,1-3H2. The highest BCUT2D eigenvalue weighted by Gasteiger charge is 2.24. The van der Waals surface area contributed by atoms with Gasteiger partial charge in [-0.05, 0) is 67.3 Å². The Balaban J connectivity index is 1.72. The van der Waals surface area contributed by atoms with Crippen LogP contribution >= 0.6 is 27.5 Å². The molecule has 2 aromatic carbocycles. The molecule has 2 N–H and O–H groups in total. The van der Waals surface area contributed by atoms with Crippen LogP contribution in [0.15, 0.2) is 46.9 Å². The lowest BCUT2D eigenvalue weighted by Crippen LogP contribution is -2.17. The molecule has 1 heterocycles. The van der Waals surface area contributed by atoms with E-state index in [0.717, 1.165) is 28.0 Å². The van der Waals surface area contributed by atoms with Gasteiger partial charge in [0.25, 0.3) is 0 Å². The largest absolute Gasteiger partial charge is 0.377 e. The lowest BCUT2D eigenvalue weighted by molar-refractivity contribution is 0.593. The van der Waals surface area contributed by atoms with Crippen LogP contribution in [0.2, 0.25) is 5.02 Å². The van der Waals surface area contributed by atoms with Crippen molar-refractivity contribution in [2.24, 2.45) is 0 Å². The third-order valence-corrected chi connectivity index (χ3v) is 5.10. The van der Waals surface area contributed by atoms with E-state index in [1.54, 1.807) is 0 Å². The molecule has 1 atom stereocenters. The summed E-state index contributed by atoms with van der Waals surface area (Å²) in [6, 6.07) is 14.7. The van der Waals surface area contributed by atoms with Gasteiger partial charge in [-0.2, -0.15) is 0 Å². The average molecular weight is 376 g/mol. The van der Waals surface area contributed by atoms with E-state index in [4.69, 9.17) is 11.6 Å². The van der Waals surface area contributed by atoms with Crippen molar-refractivity contribution in [1.29, 1.82) is 0 Å². The number of benzene rings is 2. The van der Waals surface area contributed by atoms with Gasteiger partial charge >= 0.3 is 0 Å². The van der Waals surface area contributed by atoms with Crippen molar-refractivity contribution in [1.82, 2.24) is 4.98 Å². The first-order valence-electron chi connectivity index (χ1n) is 7.53. The predicted octanol–water partition coefficient (Wildman–Crippen LogP) is 6.07. The number of aromatic amines is 1. The summed E-state index contributed by atoms with van der Waals surface area (Å²) in [5, 5.41) is 5.75. The lowest BCUT2D eigenvalue weighted by atomic mass is 9.91. The van der Waals surface area contributed by atoms with Gasteiger partial charge < -0.3 is 10.3 Å². The Morgan fingerprint density at radius 3 is 2.77 bits per heavy atom. The number of hydrogen-bond acceptors (Lipinski definition) is 1. The van der Waals surface area contributed by atoms with Crippen LogP contribution in [-0.2, 0) is 6.42 Å². The molecule has 0 bridgehead atoms. The highest BCUT2D eigenvalue weighted by atomic mass is 79.9. The molecule has 1 unspecified atom stereocenters. The fourth-order valence-corrected chi connectivity index (χ4v) is 3.81. The average Bonchev–Trinajstić information content (AvgIpc) is 2.89. The van der Waals surface area contributed by atoms with E-state index in [-0.39, 0.29) is 0 Å². The molecule has 2 nitrogen and oxygen atoms in total. The molecule has 0 amide bonds. The van der Waals surface area contributed by atoms with Gasteiger partial charge in [0, 0.05) is 31.8 Å². The normalized spacial score (nSPS) is 17.5. The first kappa shape index (κ1) is 14.2. The summed E-state index contributed by atoms with van der Waals surface area (Å²) in [7, 11) is 0. The second kappa shape index (κ2) is 5.64. The topological polar surface area (TPSA) is 27.8 Å². The predicted molar refractivity (Wildman–Crippen MR) is 96.8 cm³/mol. The number of anilines is 1. The maximum Gasteiger partial charge on any atom is 0.0666 e. The number of fused-ring (bicyclic) bond motifs is 3. The fourth-order valence-electron chi connectivity index (χ4n) is 3.33. The lowest BCUT2D eigenvalue weighted by Gasteiger charge is -2.24. The van der Waals surface area contributed by atoms with Gasteiger partial charge in [0.05, 0.1) is 6.04 Å². The number of rotatable bonds is 2. The van der Waals surface area contributed by atoms with Crippen molar-refractivity contribution in [3.05, 3.63) is 63.2 Å². The van der Waals surface area contributed by atoms with Gasteiger partial charge in [0.15, 0.2) is 0 Å². The number of hydrogen-bond donors (Lipinski definition) is 2. The first-order chi connectivity index (χ1) is 10.7. The zero-order valence-corrected chi connectivity index (χ0v) is 14.3. The zero-order chi connectivity index (χ0) is 15.1. The minimum absolute atomic E-state index is 0.330. The minimum atomic E-state index is 0.330. The van der Waals surface area contributed by atoms with Crippen LogP contribution in [0.4, 0.5) is 5.69 Å². The Morgan fingerprint density at radius 2 is 1.95 bits per heavy atom. The van der Waals surface area contributed by atoms with Crippen LogP contribution in [0.25, 0.3) is 10.9 Å². The third kappa shape index (κ3) is 2.53. The molecular weight excluding hydrogens is 360 g/mol. The van der Waals surface area contributed by atoms with Gasteiger partial charge in [-0.25, -0.2) is 0 Å². The van der Waals surface area contributed by atoms with Crippen molar-refractivity contribution in [2.75, 3.05) is 5.32 Å². The number of aryl methyl sites for hydroxylation is 1. The van der Waals surface area contributed by atoms with Gasteiger partial charge in [0.2, 0.25) is 0 Å². The first-order valence-corrected chi connectivity index (χ1v) is 8.70. The summed E-state index contributed by atoms with van der Waals surface area (Å²) in [5.41, 5.74) is 5.11. The van der Waals surface area contributed by atoms with Crippen molar-refractivity contribution in [3.63, 3.8) is 0 Å². The Hall–Kier alpha value is -1.45. The van der Waals surface area contributed by atoms with Crippen molar-refractivity contribution < 1.29 is 0 Å². The highest BCUT2D eigenvalue weighted by molar-refractivity contribution is 9.10. The molecule has 1 aromatic heterocycles. The zero-order valence-electron chi connectivity index (χ0n) is 12.0. The smallest absolute Gasteiger partial charge is 0.0666 e. The SMILES string of the molecule is Clc1ccc(NC2CCCc3c2[nH]c2ccc(Br)cc32)cc1. The molecule has 22 heavy (non-hydrogen) atoms. The molecule has 0 spiro atoms. The van der Waals surface area contributed by atoms with E-state index in [2.05, 4.69) is 44.4 Å². The molecule has 4 rings (SSSR count). The molecule has 0 saturated heterocycles. The van der Waals surface area contributed by atoms with Gasteiger partial charge in [-0.15, -0.1) is 0 Å². The van der Waals surface area contributed by atoms with E-state index < -0.39 is 0 Å². The van der Waals surface area contributed by atoms with E-state index in [1.807, 2.05) is 24.3 Å². The molecule has 112 valence electrons. The molecule has 4 heteroatoms. The summed E-state index contributed by atoms with van der Waals surface area (Å²) in [5.74, 6) is 0. The number of H-pyrrole nitrogens is 1. The molecule has 0 radical (unpaired) electrons. The molecule has 0 aliphatic heterocycles. The van der Waals surface area contributed by atoms with Crippen molar-refractivity contribution in [2.45, 2.75) is 25.3 Å². The maximum atomic E-state index is 5.97. The van der Waals surface area contributed by atoms with Gasteiger partial charge in [-0.1, -0.05) is 27.5 Å². The van der Waals surface area contributed by atoms with E-state index in [0.29, 0.717) is 6.04 Å². The second-order valence-corrected chi connectivity index (χ2v) is 7.16. The molecule has 3 aromatic rings. The second-order valence-electron chi connectivity index (χ2n) is 5.80. The Labute approximate surface area is 143 Å². The summed E-state index contributed by atoms with van der Waals surface area (Å²) in [6.07, 6.45) is 3.49. The van der Waals surface area contributed by atoms with Gasteiger partial charge in [0.1, 0.15) is 0 Å².